The fraction of sp³-hybridized carbons (Fsp3) is 0.350. The highest BCUT2D eigenvalue weighted by atomic mass is 32.2. The van der Waals surface area contributed by atoms with E-state index in [-0.39, 0.29) is 65.4 Å². The molecule has 1 aromatic rings. The van der Waals surface area contributed by atoms with Crippen LogP contribution in [0.3, 0.4) is 0 Å². The van der Waals surface area contributed by atoms with Gasteiger partial charge in [-0.1, -0.05) is 90.4 Å². The predicted molar refractivity (Wildman–Crippen MR) is 211 cm³/mol. The van der Waals surface area contributed by atoms with Gasteiger partial charge in [-0.05, 0) is 37.1 Å². The second-order valence-corrected chi connectivity index (χ2v) is 20.8. The average molecular weight is 785 g/mol. The van der Waals surface area contributed by atoms with Crippen LogP contribution < -0.4 is 16.2 Å². The molecule has 14 rings (SSSR count). The van der Waals surface area contributed by atoms with Gasteiger partial charge in [0, 0.05) is 61.6 Å². The highest BCUT2D eigenvalue weighted by Crippen LogP contribution is 2.78. The molecule has 11 atom stereocenters. The first-order chi connectivity index (χ1) is 26.1. The van der Waals surface area contributed by atoms with Crippen molar-refractivity contribution in [2.24, 2.45) is 49.1 Å². The van der Waals surface area contributed by atoms with Crippen LogP contribution in [0, 0.1) is 29.1 Å². The van der Waals surface area contributed by atoms with Gasteiger partial charge in [-0.2, -0.15) is 0 Å². The van der Waals surface area contributed by atoms with Crippen molar-refractivity contribution in [3.05, 3.63) is 104 Å². The minimum atomic E-state index is -0.583. The smallest absolute Gasteiger partial charge is 0.201 e. The van der Waals surface area contributed by atoms with Crippen LogP contribution in [0.15, 0.2) is 108 Å². The van der Waals surface area contributed by atoms with E-state index >= 15 is 0 Å². The first-order valence-corrected chi connectivity index (χ1v) is 21.8. The summed E-state index contributed by atoms with van der Waals surface area (Å²) in [5.41, 5.74) is 7.58. The predicted octanol–water partition coefficient (Wildman–Crippen LogP) is 3.98. The highest BCUT2D eigenvalue weighted by Gasteiger charge is 2.78. The van der Waals surface area contributed by atoms with Crippen molar-refractivity contribution in [2.45, 2.75) is 52.7 Å². The lowest BCUT2D eigenvalue weighted by Crippen LogP contribution is -2.37. The van der Waals surface area contributed by atoms with Crippen molar-refractivity contribution in [3.63, 3.8) is 0 Å². The Hall–Kier alpha value is -3.98. The number of nitrogens with zero attached hydrogens (tertiary/aromatic N) is 4. The van der Waals surface area contributed by atoms with Gasteiger partial charge in [0.1, 0.15) is 11.3 Å². The van der Waals surface area contributed by atoms with Crippen LogP contribution in [-0.4, -0.2) is 69.4 Å². The Morgan fingerprint density at radius 2 is 1.63 bits per heavy atom. The standard InChI is InChI=1S/C40H28N6O4S4/c1-13-3-7-19-28-34-44-24(40(19,28)54-35(13)47)11-21-26-23-8-6-17(37(49)52-23)25(26)32(42-21)46-33-27-29(39-12-20(39)38(50)53-30(27)39)22(43-33)10-15-9-18(31(41-15)45-34)16-5-4-14(2)51-36(16)48/h3-11,13-14,16-17,19-20,23-24,30,44H,12H2,1-2H3,(H,41,45)/b15-10?,21-11-,46-33?. The fourth-order valence-corrected chi connectivity index (χ4v) is 15.5. The minimum absolute atomic E-state index is 0.00365. The molecule has 9 aliphatic heterocycles. The van der Waals surface area contributed by atoms with Gasteiger partial charge in [0.2, 0.25) is 10.2 Å². The molecule has 10 nitrogen and oxygen atoms in total. The van der Waals surface area contributed by atoms with E-state index < -0.39 is 16.6 Å². The molecule has 0 radical (unpaired) electrons. The summed E-state index contributed by atoms with van der Waals surface area (Å²) in [6.45, 7) is 3.95. The number of thioether (sulfide) groups is 4. The van der Waals surface area contributed by atoms with E-state index in [0.29, 0.717) is 23.0 Å². The van der Waals surface area contributed by atoms with Gasteiger partial charge in [-0.15, -0.1) is 0 Å². The van der Waals surface area contributed by atoms with Crippen LogP contribution in [0.2, 0.25) is 0 Å². The number of allylic oxidation sites excluding steroid dienone is 6. The lowest BCUT2D eigenvalue weighted by atomic mass is 9.71. The number of aliphatic imine (C=N–C) groups is 3. The van der Waals surface area contributed by atoms with E-state index in [0.717, 1.165) is 56.6 Å². The van der Waals surface area contributed by atoms with Crippen molar-refractivity contribution in [1.29, 1.82) is 0 Å². The number of hydrogen-bond acceptors (Lipinski definition) is 13. The lowest BCUT2D eigenvalue weighted by Gasteiger charge is -2.35. The molecule has 10 heterocycles. The number of rotatable bonds is 1. The van der Waals surface area contributed by atoms with E-state index in [9.17, 15) is 19.2 Å². The Kier molecular flexibility index (Phi) is 5.82. The summed E-state index contributed by atoms with van der Waals surface area (Å²) in [5.74, 6) is 0.541. The summed E-state index contributed by atoms with van der Waals surface area (Å²) in [7, 11) is 0. The van der Waals surface area contributed by atoms with E-state index in [2.05, 4.69) is 34.6 Å². The Balaban J connectivity index is 1.07. The van der Waals surface area contributed by atoms with E-state index in [4.69, 9.17) is 20.0 Å². The van der Waals surface area contributed by atoms with Crippen LogP contribution in [0.25, 0.3) is 6.08 Å². The number of amidine groups is 2. The third-order valence-corrected chi connectivity index (χ3v) is 18.2. The summed E-state index contributed by atoms with van der Waals surface area (Å²) in [6.07, 6.45) is 17.2. The maximum Gasteiger partial charge on any atom is 0.201 e. The van der Waals surface area contributed by atoms with E-state index in [1.807, 2.05) is 44.2 Å². The molecule has 1 saturated heterocycles. The number of fused-ring (bicyclic) bond motifs is 11. The van der Waals surface area contributed by atoms with Gasteiger partial charge in [0.15, 0.2) is 21.9 Å². The minimum Gasteiger partial charge on any atom is -0.362 e. The van der Waals surface area contributed by atoms with Gasteiger partial charge < -0.3 is 10.3 Å². The number of carbonyl (C=O) groups excluding carboxylic acids is 4. The van der Waals surface area contributed by atoms with Gasteiger partial charge in [-0.3, -0.25) is 19.2 Å². The number of aromatic nitrogens is 1. The van der Waals surface area contributed by atoms with Gasteiger partial charge in [-0.25, -0.2) is 20.0 Å². The van der Waals surface area contributed by atoms with Gasteiger partial charge in [0.05, 0.1) is 44.5 Å². The molecule has 54 heavy (non-hydrogen) atoms. The molecule has 0 amide bonds. The van der Waals surface area contributed by atoms with Gasteiger partial charge in [0.25, 0.3) is 0 Å². The number of hydrogen-bond donors (Lipinski definition) is 2. The quantitative estimate of drug-likeness (QED) is 0.404. The molecule has 4 aliphatic carbocycles. The van der Waals surface area contributed by atoms with Crippen LogP contribution in [0.4, 0.5) is 0 Å². The van der Waals surface area contributed by atoms with Crippen LogP contribution in [-0.2, 0) is 19.2 Å². The van der Waals surface area contributed by atoms with Crippen molar-refractivity contribution in [1.82, 2.24) is 10.3 Å². The molecular formula is C40H28N6O4S4. The number of carbonyl (C=O) groups is 4. The first kappa shape index (κ1) is 31.2. The Labute approximate surface area is 324 Å². The lowest BCUT2D eigenvalue weighted by molar-refractivity contribution is -0.113. The fourth-order valence-electron chi connectivity index (χ4n) is 10.4. The topological polar surface area (TPSA) is 146 Å². The molecule has 13 aliphatic rings. The summed E-state index contributed by atoms with van der Waals surface area (Å²) < 4.78 is -0.583. The molecule has 3 fully saturated rings. The average Bonchev–Trinajstić information content (AvgIpc) is 3.78. The maximum absolute atomic E-state index is 13.6. The van der Waals surface area contributed by atoms with Crippen LogP contribution in [0.1, 0.15) is 31.7 Å². The first-order valence-electron chi connectivity index (χ1n) is 18.3. The molecular weight excluding hydrogens is 757 g/mol. The second kappa shape index (κ2) is 10.1. The molecule has 1 aromatic heterocycles. The summed E-state index contributed by atoms with van der Waals surface area (Å²) in [4.78, 5) is 78.0. The number of nitrogens with one attached hydrogen (secondary N) is 2. The van der Waals surface area contributed by atoms with Crippen LogP contribution in [0.5, 0.6) is 0 Å². The molecule has 11 unspecified atom stereocenters. The van der Waals surface area contributed by atoms with Crippen molar-refractivity contribution in [3.8, 4) is 0 Å². The zero-order valence-electron chi connectivity index (χ0n) is 28.7. The van der Waals surface area contributed by atoms with E-state index in [1.165, 1.54) is 47.0 Å². The largest absolute Gasteiger partial charge is 0.362 e. The molecule has 266 valence electrons. The molecule has 2 saturated carbocycles. The zero-order valence-corrected chi connectivity index (χ0v) is 31.9. The zero-order chi connectivity index (χ0) is 36.2. The summed E-state index contributed by atoms with van der Waals surface area (Å²) in [5, 5.41) is 4.82. The number of aromatic amines is 1. The van der Waals surface area contributed by atoms with Crippen molar-refractivity contribution in [2.75, 3.05) is 0 Å². The Morgan fingerprint density at radius 3 is 2.46 bits per heavy atom. The van der Waals surface area contributed by atoms with Gasteiger partial charge >= 0.3 is 0 Å². The third kappa shape index (κ3) is 3.72. The van der Waals surface area contributed by atoms with E-state index in [1.54, 1.807) is 0 Å². The normalized spacial score (nSPS) is 43.0. The molecule has 10 bridgehead atoms. The monoisotopic (exact) mass is 784 g/mol. The Bertz CT molecular complexity index is 2710. The van der Waals surface area contributed by atoms with Crippen molar-refractivity contribution < 1.29 is 19.2 Å². The summed E-state index contributed by atoms with van der Waals surface area (Å²) in [6, 6.07) is 1.67. The third-order valence-electron chi connectivity index (χ3n) is 13.0. The second-order valence-electron chi connectivity index (χ2n) is 15.9. The molecule has 14 heteroatoms. The van der Waals surface area contributed by atoms with Crippen molar-refractivity contribution >= 4 is 91.0 Å². The summed E-state index contributed by atoms with van der Waals surface area (Å²) >= 11 is 5.43. The maximum atomic E-state index is 13.6. The number of H-pyrrole nitrogens is 1. The van der Waals surface area contributed by atoms with Crippen LogP contribution >= 0.6 is 47.0 Å². The highest BCUT2D eigenvalue weighted by molar-refractivity contribution is 8.15. The molecule has 2 N–H and O–H groups in total. The molecule has 2 spiro atoms. The Morgan fingerprint density at radius 1 is 0.796 bits per heavy atom. The SMILES string of the molecule is CC1C=CC(c2cc3[nH]c2=NC2=C4C5C=CC(C)C(=O)SC45C(/C=C4\N=C(N=C5N=C(C=3)C3=C5C5SC(=O)C6CC365)C3=C4C4C=CC3C(=O)S4)N2)C(=O)S1. The molecule has 0 aromatic carbocycles.